The van der Waals surface area contributed by atoms with Crippen molar-refractivity contribution in [2.45, 2.75) is 28.2 Å². The number of carbonyl (C=O) groups is 1. The number of sulfone groups is 1. The van der Waals surface area contributed by atoms with Gasteiger partial charge in [-0.15, -0.1) is 11.8 Å². The number of thioether (sulfide) groups is 1. The van der Waals surface area contributed by atoms with Crippen LogP contribution in [0.3, 0.4) is 0 Å². The summed E-state index contributed by atoms with van der Waals surface area (Å²) in [6.45, 7) is 1.73. The average molecular weight is 377 g/mol. The molecule has 25 heavy (non-hydrogen) atoms. The van der Waals surface area contributed by atoms with Gasteiger partial charge in [-0.1, -0.05) is 18.2 Å². The molecule has 0 radical (unpaired) electrons. The van der Waals surface area contributed by atoms with Gasteiger partial charge in [0.15, 0.2) is 10.5 Å². The first kappa shape index (κ1) is 17.4. The Kier molecular flexibility index (Phi) is 4.53. The fraction of sp³-hybridized carbons (Fsp3) is 0.188. The van der Waals surface area contributed by atoms with E-state index >= 15 is 0 Å². The molecule has 0 amide bonds. The van der Waals surface area contributed by atoms with Gasteiger partial charge in [0.1, 0.15) is 5.03 Å². The normalized spacial score (nSPS) is 11.8. The van der Waals surface area contributed by atoms with Crippen LogP contribution in [0.1, 0.15) is 11.4 Å². The van der Waals surface area contributed by atoms with Gasteiger partial charge in [-0.05, 0) is 31.4 Å². The Hall–Kier alpha value is -2.39. The summed E-state index contributed by atoms with van der Waals surface area (Å²) in [7, 11) is -3.84. The Morgan fingerprint density at radius 3 is 2.56 bits per heavy atom. The number of carboxylic acids is 1. The minimum absolute atomic E-state index is 0.00142. The minimum Gasteiger partial charge on any atom is -0.481 e. The Balaban J connectivity index is 2.33. The summed E-state index contributed by atoms with van der Waals surface area (Å²) in [5.41, 5.74) is 1.05. The number of carboxylic acid groups (broad SMARTS) is 1. The molecule has 130 valence electrons. The number of aryl methyl sites for hydroxylation is 1. The lowest BCUT2D eigenvalue weighted by molar-refractivity contribution is -0.136. The van der Waals surface area contributed by atoms with E-state index < -0.39 is 15.8 Å². The van der Waals surface area contributed by atoms with E-state index in [1.54, 1.807) is 37.4 Å². The van der Waals surface area contributed by atoms with Gasteiger partial charge in [0, 0.05) is 5.69 Å². The first-order valence-electron chi connectivity index (χ1n) is 7.29. The van der Waals surface area contributed by atoms with Crippen molar-refractivity contribution in [2.24, 2.45) is 0 Å². The van der Waals surface area contributed by atoms with Gasteiger partial charge >= 0.3 is 5.97 Å². The van der Waals surface area contributed by atoms with E-state index in [2.05, 4.69) is 10.1 Å². The number of benzene rings is 1. The fourth-order valence-electron chi connectivity index (χ4n) is 2.52. The maximum absolute atomic E-state index is 13.1. The van der Waals surface area contributed by atoms with Gasteiger partial charge in [0.2, 0.25) is 9.84 Å². The van der Waals surface area contributed by atoms with E-state index in [4.69, 9.17) is 5.11 Å². The van der Waals surface area contributed by atoms with Gasteiger partial charge in [0.05, 0.1) is 17.0 Å². The summed E-state index contributed by atoms with van der Waals surface area (Å²) in [5, 5.41) is 13.7. The molecule has 0 aliphatic rings. The zero-order valence-electron chi connectivity index (χ0n) is 13.5. The van der Waals surface area contributed by atoms with E-state index in [0.29, 0.717) is 10.7 Å². The largest absolute Gasteiger partial charge is 0.481 e. The number of hydrogen-bond donors (Lipinski definition) is 1. The number of aliphatic carboxylic acids is 1. The molecule has 3 aromatic rings. The molecule has 3 rings (SSSR count). The van der Waals surface area contributed by atoms with Crippen molar-refractivity contribution in [2.75, 3.05) is 6.26 Å². The topological polar surface area (TPSA) is 102 Å². The van der Waals surface area contributed by atoms with E-state index in [1.165, 1.54) is 28.4 Å². The quantitative estimate of drug-likeness (QED) is 0.680. The van der Waals surface area contributed by atoms with Gasteiger partial charge < -0.3 is 5.11 Å². The predicted molar refractivity (Wildman–Crippen MR) is 92.7 cm³/mol. The van der Waals surface area contributed by atoms with Gasteiger partial charge in [0.25, 0.3) is 0 Å². The van der Waals surface area contributed by atoms with Crippen molar-refractivity contribution < 1.29 is 18.3 Å². The number of nitrogens with zero attached hydrogens (tertiary/aromatic N) is 3. The van der Waals surface area contributed by atoms with Crippen LogP contribution < -0.4 is 0 Å². The molecule has 7 nitrogen and oxygen atoms in total. The Morgan fingerprint density at radius 1 is 1.28 bits per heavy atom. The summed E-state index contributed by atoms with van der Waals surface area (Å²) >= 11 is 1.20. The molecule has 0 unspecified atom stereocenters. The van der Waals surface area contributed by atoms with Crippen molar-refractivity contribution in [3.63, 3.8) is 0 Å². The lowest BCUT2D eigenvalue weighted by Crippen LogP contribution is -2.08. The predicted octanol–water partition coefficient (Wildman–Crippen LogP) is 2.22. The SMILES string of the molecule is CSc1nn2c(C)cc(CC(=O)O)nc2c1S(=O)(=O)c1ccccc1. The first-order valence-corrected chi connectivity index (χ1v) is 10.0. The second kappa shape index (κ2) is 6.49. The highest BCUT2D eigenvalue weighted by molar-refractivity contribution is 7.99. The molecular weight excluding hydrogens is 362 g/mol. The molecule has 2 heterocycles. The van der Waals surface area contributed by atoms with Gasteiger partial charge in [-0.2, -0.15) is 5.10 Å². The zero-order chi connectivity index (χ0) is 18.2. The number of fused-ring (bicyclic) bond motifs is 1. The molecule has 0 atom stereocenters. The highest BCUT2D eigenvalue weighted by Crippen LogP contribution is 2.32. The first-order chi connectivity index (χ1) is 11.8. The molecule has 1 N–H and O–H groups in total. The van der Waals surface area contributed by atoms with E-state index in [0.717, 1.165) is 0 Å². The smallest absolute Gasteiger partial charge is 0.309 e. The Bertz CT molecular complexity index is 1060. The van der Waals surface area contributed by atoms with Crippen LogP contribution in [-0.2, 0) is 21.1 Å². The molecule has 2 aromatic heterocycles. The summed E-state index contributed by atoms with van der Waals surface area (Å²) in [6, 6.07) is 9.64. The fourth-order valence-corrected chi connectivity index (χ4v) is 4.94. The maximum atomic E-state index is 13.1. The van der Waals surface area contributed by atoms with Crippen LogP contribution in [0.4, 0.5) is 0 Å². The van der Waals surface area contributed by atoms with Crippen molar-refractivity contribution >= 4 is 33.2 Å². The summed E-state index contributed by atoms with van der Waals surface area (Å²) in [6.07, 6.45) is 1.45. The molecule has 0 bridgehead atoms. The van der Waals surface area contributed by atoms with Crippen LogP contribution in [0.2, 0.25) is 0 Å². The second-order valence-electron chi connectivity index (χ2n) is 5.35. The minimum atomic E-state index is -3.84. The third-order valence-electron chi connectivity index (χ3n) is 3.60. The van der Waals surface area contributed by atoms with E-state index in [1.807, 2.05) is 0 Å². The van der Waals surface area contributed by atoms with Crippen LogP contribution in [-0.4, -0.2) is 40.3 Å². The van der Waals surface area contributed by atoms with Crippen LogP contribution in [0.5, 0.6) is 0 Å². The summed E-state index contributed by atoms with van der Waals surface area (Å²) in [4.78, 5) is 15.4. The molecule has 0 saturated carbocycles. The molecule has 0 saturated heterocycles. The zero-order valence-corrected chi connectivity index (χ0v) is 15.1. The van der Waals surface area contributed by atoms with Crippen molar-refractivity contribution in [3.8, 4) is 0 Å². The van der Waals surface area contributed by atoms with Crippen molar-refractivity contribution in [1.29, 1.82) is 0 Å². The number of rotatable bonds is 5. The third kappa shape index (κ3) is 3.12. The van der Waals surface area contributed by atoms with Gasteiger partial charge in [-0.3, -0.25) is 4.79 Å². The van der Waals surface area contributed by atoms with Gasteiger partial charge in [-0.25, -0.2) is 17.9 Å². The van der Waals surface area contributed by atoms with Crippen LogP contribution in [0.25, 0.3) is 5.65 Å². The van der Waals surface area contributed by atoms with Crippen molar-refractivity contribution in [1.82, 2.24) is 14.6 Å². The molecule has 1 aromatic carbocycles. The molecule has 0 fully saturated rings. The average Bonchev–Trinajstić information content (AvgIpc) is 2.95. The van der Waals surface area contributed by atoms with Crippen LogP contribution in [0.15, 0.2) is 51.2 Å². The summed E-state index contributed by atoms with van der Waals surface area (Å²) < 4.78 is 27.7. The van der Waals surface area contributed by atoms with Crippen LogP contribution in [0, 0.1) is 6.92 Å². The Morgan fingerprint density at radius 2 is 1.96 bits per heavy atom. The molecule has 9 heteroatoms. The van der Waals surface area contributed by atoms with E-state index in [9.17, 15) is 13.2 Å². The number of hydrogen-bond acceptors (Lipinski definition) is 6. The number of aromatic nitrogens is 3. The molecule has 0 spiro atoms. The van der Waals surface area contributed by atoms with Crippen LogP contribution >= 0.6 is 11.8 Å². The molecule has 0 aliphatic carbocycles. The monoisotopic (exact) mass is 377 g/mol. The molecular formula is C16H15N3O4S2. The highest BCUT2D eigenvalue weighted by Gasteiger charge is 2.29. The summed E-state index contributed by atoms with van der Waals surface area (Å²) in [5.74, 6) is -1.03. The van der Waals surface area contributed by atoms with E-state index in [-0.39, 0.29) is 27.6 Å². The maximum Gasteiger partial charge on any atom is 0.309 e. The van der Waals surface area contributed by atoms with Crippen molar-refractivity contribution in [3.05, 3.63) is 47.8 Å². The third-order valence-corrected chi connectivity index (χ3v) is 6.20. The second-order valence-corrected chi connectivity index (χ2v) is 8.03. The standard InChI is InChI=1S/C16H15N3O4S2/c1-10-8-11(9-13(20)21)17-15-14(16(24-2)18-19(10)15)25(22,23)12-6-4-3-5-7-12/h3-8H,9H2,1-2H3,(H,20,21). The highest BCUT2D eigenvalue weighted by atomic mass is 32.2. The lowest BCUT2D eigenvalue weighted by Gasteiger charge is -2.06. The lowest BCUT2D eigenvalue weighted by atomic mass is 10.2. The Labute approximate surface area is 148 Å². The molecule has 0 aliphatic heterocycles.